The molecular weight excluding hydrogens is 651 g/mol. The van der Waals surface area contributed by atoms with Crippen LogP contribution in [0.25, 0.3) is 0 Å². The molecule has 0 aliphatic carbocycles. The summed E-state index contributed by atoms with van der Waals surface area (Å²) in [5, 5.41) is 23.1. The zero-order valence-corrected chi connectivity index (χ0v) is 36.6. The highest BCUT2D eigenvalue weighted by molar-refractivity contribution is 5.76. The van der Waals surface area contributed by atoms with E-state index in [1.54, 1.807) is 0 Å². The van der Waals surface area contributed by atoms with Gasteiger partial charge in [-0.2, -0.15) is 0 Å². The molecule has 0 aromatic rings. The fourth-order valence-electron chi connectivity index (χ4n) is 8.07. The smallest absolute Gasteiger partial charge is 0.220 e. The van der Waals surface area contributed by atoms with Crippen LogP contribution in [0.4, 0.5) is 0 Å². The summed E-state index contributed by atoms with van der Waals surface area (Å²) in [6, 6.07) is -0.528. The molecule has 1 amide bonds. The monoisotopic (exact) mass is 750 g/mol. The minimum absolute atomic E-state index is 0.0263. The molecule has 0 saturated heterocycles. The van der Waals surface area contributed by atoms with Gasteiger partial charge in [0.25, 0.3) is 0 Å². The van der Waals surface area contributed by atoms with Gasteiger partial charge in [-0.3, -0.25) is 4.79 Å². The van der Waals surface area contributed by atoms with Gasteiger partial charge in [0.2, 0.25) is 5.91 Å². The van der Waals surface area contributed by atoms with Gasteiger partial charge in [0.05, 0.1) is 18.8 Å². The van der Waals surface area contributed by atoms with Crippen LogP contribution >= 0.6 is 0 Å². The van der Waals surface area contributed by atoms with Crippen LogP contribution in [0.3, 0.4) is 0 Å². The van der Waals surface area contributed by atoms with Crippen LogP contribution < -0.4 is 5.32 Å². The van der Waals surface area contributed by atoms with Crippen molar-refractivity contribution in [1.29, 1.82) is 0 Å². The Bertz CT molecular complexity index is 685. The van der Waals surface area contributed by atoms with Crippen LogP contribution in [0.15, 0.2) is 0 Å². The zero-order chi connectivity index (χ0) is 38.6. The molecule has 0 bridgehead atoms. The molecule has 0 saturated carbocycles. The molecule has 4 heteroatoms. The number of nitrogens with one attached hydrogen (secondary N) is 1. The maximum Gasteiger partial charge on any atom is 0.220 e. The van der Waals surface area contributed by atoms with Gasteiger partial charge in [-0.15, -0.1) is 0 Å². The number of aliphatic hydroxyl groups is 2. The highest BCUT2D eigenvalue weighted by Crippen LogP contribution is 2.18. The van der Waals surface area contributed by atoms with E-state index in [0.29, 0.717) is 12.8 Å². The molecule has 3 N–H and O–H groups in total. The lowest BCUT2D eigenvalue weighted by Crippen LogP contribution is -2.45. The maximum atomic E-state index is 12.4. The van der Waals surface area contributed by atoms with Crippen LogP contribution in [0.1, 0.15) is 290 Å². The normalized spacial score (nSPS) is 12.8. The molecule has 2 unspecified atom stereocenters. The van der Waals surface area contributed by atoms with Crippen molar-refractivity contribution in [2.75, 3.05) is 6.61 Å². The Labute approximate surface area is 334 Å². The molecule has 0 spiro atoms. The van der Waals surface area contributed by atoms with Crippen molar-refractivity contribution in [3.05, 3.63) is 0 Å². The van der Waals surface area contributed by atoms with Crippen LogP contribution in [-0.4, -0.2) is 34.9 Å². The number of carbonyl (C=O) groups excluding carboxylic acids is 1. The average molecular weight is 750 g/mol. The molecule has 4 nitrogen and oxygen atoms in total. The number of unbranched alkanes of at least 4 members (excludes halogenated alkanes) is 39. The van der Waals surface area contributed by atoms with Crippen LogP contribution in [-0.2, 0) is 4.79 Å². The van der Waals surface area contributed by atoms with Gasteiger partial charge in [-0.25, -0.2) is 0 Å². The number of hydrogen-bond donors (Lipinski definition) is 3. The van der Waals surface area contributed by atoms with E-state index in [9.17, 15) is 15.0 Å². The minimum atomic E-state index is -0.652. The first-order valence-corrected chi connectivity index (χ1v) is 24.7. The van der Waals surface area contributed by atoms with Crippen molar-refractivity contribution in [2.24, 2.45) is 0 Å². The number of amides is 1. The highest BCUT2D eigenvalue weighted by Gasteiger charge is 2.20. The van der Waals surface area contributed by atoms with E-state index in [2.05, 4.69) is 19.2 Å². The maximum absolute atomic E-state index is 12.4. The molecule has 0 aliphatic heterocycles. The molecule has 0 aromatic carbocycles. The summed E-state index contributed by atoms with van der Waals surface area (Å²) >= 11 is 0. The van der Waals surface area contributed by atoms with E-state index in [1.165, 1.54) is 238 Å². The molecule has 0 aliphatic rings. The predicted octanol–water partition coefficient (Wildman–Crippen LogP) is 15.6. The summed E-state index contributed by atoms with van der Waals surface area (Å²) in [5.41, 5.74) is 0. The van der Waals surface area contributed by atoms with Crippen molar-refractivity contribution < 1.29 is 15.0 Å². The summed E-state index contributed by atoms with van der Waals surface area (Å²) in [6.07, 6.45) is 56.5. The lowest BCUT2D eigenvalue weighted by molar-refractivity contribution is -0.123. The largest absolute Gasteiger partial charge is 0.394 e. The standard InChI is InChI=1S/C49H99NO3/c1-3-5-7-9-11-13-15-16-17-18-19-20-21-22-23-24-25-26-27-28-29-30-31-32-33-34-35-37-39-41-43-45-49(53)50-47(46-51)48(52)44-42-40-38-36-14-12-10-8-6-4-2/h47-48,51-52H,3-46H2,1-2H3,(H,50,53). The Kier molecular flexibility index (Phi) is 45.3. The summed E-state index contributed by atoms with van der Waals surface area (Å²) in [6.45, 7) is 4.37. The summed E-state index contributed by atoms with van der Waals surface area (Å²) in [7, 11) is 0. The summed E-state index contributed by atoms with van der Waals surface area (Å²) in [4.78, 5) is 12.4. The quantitative estimate of drug-likeness (QED) is 0.0543. The lowest BCUT2D eigenvalue weighted by Gasteiger charge is -2.22. The van der Waals surface area contributed by atoms with E-state index in [-0.39, 0.29) is 12.5 Å². The van der Waals surface area contributed by atoms with Crippen molar-refractivity contribution in [2.45, 2.75) is 302 Å². The predicted molar refractivity (Wildman–Crippen MR) is 235 cm³/mol. The van der Waals surface area contributed by atoms with Gasteiger partial charge in [-0.1, -0.05) is 271 Å². The van der Waals surface area contributed by atoms with E-state index in [1.807, 2.05) is 0 Å². The first-order chi connectivity index (χ1) is 26.2. The molecule has 53 heavy (non-hydrogen) atoms. The molecule has 0 radical (unpaired) electrons. The van der Waals surface area contributed by atoms with E-state index in [0.717, 1.165) is 25.7 Å². The molecule has 0 rings (SSSR count). The number of carbonyl (C=O) groups is 1. The molecule has 2 atom stereocenters. The van der Waals surface area contributed by atoms with Gasteiger partial charge in [0, 0.05) is 6.42 Å². The Morgan fingerprint density at radius 1 is 0.377 bits per heavy atom. The lowest BCUT2D eigenvalue weighted by atomic mass is 10.0. The second-order valence-corrected chi connectivity index (χ2v) is 17.3. The third-order valence-electron chi connectivity index (χ3n) is 11.9. The Morgan fingerprint density at radius 3 is 0.849 bits per heavy atom. The third kappa shape index (κ3) is 42.4. The van der Waals surface area contributed by atoms with Crippen molar-refractivity contribution in [1.82, 2.24) is 5.32 Å². The third-order valence-corrected chi connectivity index (χ3v) is 11.9. The molecule has 0 fully saturated rings. The number of hydrogen-bond acceptors (Lipinski definition) is 3. The average Bonchev–Trinajstić information content (AvgIpc) is 3.16. The van der Waals surface area contributed by atoms with Crippen molar-refractivity contribution >= 4 is 5.91 Å². The fourth-order valence-corrected chi connectivity index (χ4v) is 8.07. The summed E-state index contributed by atoms with van der Waals surface area (Å²) < 4.78 is 0. The number of rotatable bonds is 46. The second-order valence-electron chi connectivity index (χ2n) is 17.3. The Morgan fingerprint density at radius 2 is 0.604 bits per heavy atom. The number of aliphatic hydroxyl groups excluding tert-OH is 2. The summed E-state index contributed by atoms with van der Waals surface area (Å²) in [5.74, 6) is -0.0263. The van der Waals surface area contributed by atoms with Crippen LogP contribution in [0.2, 0.25) is 0 Å². The molecular formula is C49H99NO3. The first kappa shape index (κ1) is 52.4. The van der Waals surface area contributed by atoms with Crippen molar-refractivity contribution in [3.63, 3.8) is 0 Å². The van der Waals surface area contributed by atoms with Gasteiger partial charge < -0.3 is 15.5 Å². The molecule has 318 valence electrons. The highest BCUT2D eigenvalue weighted by atomic mass is 16.3. The fraction of sp³-hybridized carbons (Fsp3) is 0.980. The molecule has 0 aromatic heterocycles. The van der Waals surface area contributed by atoms with E-state index in [4.69, 9.17) is 0 Å². The first-order valence-electron chi connectivity index (χ1n) is 24.7. The van der Waals surface area contributed by atoms with Gasteiger partial charge in [-0.05, 0) is 12.8 Å². The Hall–Kier alpha value is -0.610. The minimum Gasteiger partial charge on any atom is -0.394 e. The van der Waals surface area contributed by atoms with E-state index >= 15 is 0 Å². The SMILES string of the molecule is CCCCCCCCCCCCCCCCCCCCCCCCCCCCCCCCCC(=O)NC(CO)C(O)CCCCCCCCCCCC. The van der Waals surface area contributed by atoms with Crippen molar-refractivity contribution in [3.8, 4) is 0 Å². The van der Waals surface area contributed by atoms with Gasteiger partial charge in [0.1, 0.15) is 0 Å². The zero-order valence-electron chi connectivity index (χ0n) is 36.6. The van der Waals surface area contributed by atoms with E-state index < -0.39 is 12.1 Å². The van der Waals surface area contributed by atoms with Gasteiger partial charge in [0.15, 0.2) is 0 Å². The molecule has 0 heterocycles. The van der Waals surface area contributed by atoms with Gasteiger partial charge >= 0.3 is 0 Å². The Balaban J connectivity index is 3.33. The second kappa shape index (κ2) is 45.8. The van der Waals surface area contributed by atoms with Crippen LogP contribution in [0, 0.1) is 0 Å². The van der Waals surface area contributed by atoms with Crippen LogP contribution in [0.5, 0.6) is 0 Å². The topological polar surface area (TPSA) is 69.6 Å².